The zero-order valence-electron chi connectivity index (χ0n) is 14.8. The molecule has 0 atom stereocenters. The van der Waals surface area contributed by atoms with Crippen LogP contribution in [0.2, 0.25) is 0 Å². The number of amides is 1. The molecule has 1 amide bonds. The van der Waals surface area contributed by atoms with E-state index in [0.29, 0.717) is 0 Å². The Hall–Kier alpha value is -2.58. The van der Waals surface area contributed by atoms with Gasteiger partial charge >= 0.3 is 0 Å². The number of anilines is 2. The van der Waals surface area contributed by atoms with Gasteiger partial charge in [-0.25, -0.2) is 0 Å². The van der Waals surface area contributed by atoms with Crippen molar-refractivity contribution in [2.45, 2.75) is 17.7 Å². The minimum Gasteiger partial charge on any atom is -0.457 e. The van der Waals surface area contributed by atoms with Crippen molar-refractivity contribution < 1.29 is 9.53 Å². The van der Waals surface area contributed by atoms with Crippen LogP contribution in [0.3, 0.4) is 0 Å². The SMILES string of the molecule is CCCNc1nnc(SCC(=O)Nc2ccc(Oc3ccccc3)cc2)s1. The smallest absolute Gasteiger partial charge is 0.234 e. The molecule has 140 valence electrons. The normalized spacial score (nSPS) is 10.4. The lowest BCUT2D eigenvalue weighted by molar-refractivity contribution is -0.113. The third-order valence-corrected chi connectivity index (χ3v) is 5.39. The third-order valence-electron chi connectivity index (χ3n) is 3.38. The van der Waals surface area contributed by atoms with Crippen molar-refractivity contribution in [3.05, 3.63) is 54.6 Å². The van der Waals surface area contributed by atoms with Gasteiger partial charge in [0.05, 0.1) is 5.75 Å². The fourth-order valence-electron chi connectivity index (χ4n) is 2.13. The highest BCUT2D eigenvalue weighted by atomic mass is 32.2. The maximum atomic E-state index is 12.1. The lowest BCUT2D eigenvalue weighted by Crippen LogP contribution is -2.13. The summed E-state index contributed by atoms with van der Waals surface area (Å²) in [4.78, 5) is 12.1. The highest BCUT2D eigenvalue weighted by Crippen LogP contribution is 2.26. The Balaban J connectivity index is 1.45. The molecule has 0 aliphatic carbocycles. The highest BCUT2D eigenvalue weighted by molar-refractivity contribution is 8.01. The average Bonchev–Trinajstić information content (AvgIpc) is 3.15. The minimum atomic E-state index is -0.0880. The molecule has 0 spiro atoms. The van der Waals surface area contributed by atoms with Gasteiger partial charge in [0, 0.05) is 12.2 Å². The third kappa shape index (κ3) is 6.26. The van der Waals surface area contributed by atoms with E-state index in [0.717, 1.165) is 39.6 Å². The minimum absolute atomic E-state index is 0.0880. The predicted molar refractivity (Wildman–Crippen MR) is 111 cm³/mol. The Bertz CT molecular complexity index is 854. The van der Waals surface area contributed by atoms with Crippen molar-refractivity contribution in [1.82, 2.24) is 10.2 Å². The molecule has 27 heavy (non-hydrogen) atoms. The maximum Gasteiger partial charge on any atom is 0.234 e. The fraction of sp³-hybridized carbons (Fsp3) is 0.211. The first-order valence-corrected chi connectivity index (χ1v) is 10.4. The molecular formula is C19H20N4O2S2. The molecule has 8 heteroatoms. The Morgan fingerprint density at radius 3 is 2.56 bits per heavy atom. The Kier molecular flexibility index (Phi) is 7.06. The van der Waals surface area contributed by atoms with Gasteiger partial charge in [0.1, 0.15) is 11.5 Å². The van der Waals surface area contributed by atoms with Gasteiger partial charge in [-0.15, -0.1) is 10.2 Å². The van der Waals surface area contributed by atoms with E-state index in [1.54, 1.807) is 0 Å². The maximum absolute atomic E-state index is 12.1. The van der Waals surface area contributed by atoms with Crippen LogP contribution in [0, 0.1) is 0 Å². The van der Waals surface area contributed by atoms with Gasteiger partial charge < -0.3 is 15.4 Å². The topological polar surface area (TPSA) is 76.1 Å². The zero-order chi connectivity index (χ0) is 18.9. The Morgan fingerprint density at radius 1 is 1.07 bits per heavy atom. The number of hydrogen-bond donors (Lipinski definition) is 2. The molecule has 0 aliphatic rings. The van der Waals surface area contributed by atoms with Crippen LogP contribution in [-0.4, -0.2) is 28.4 Å². The van der Waals surface area contributed by atoms with Gasteiger partial charge in [-0.3, -0.25) is 4.79 Å². The van der Waals surface area contributed by atoms with Gasteiger partial charge in [-0.05, 0) is 42.8 Å². The largest absolute Gasteiger partial charge is 0.457 e. The van der Waals surface area contributed by atoms with Crippen LogP contribution in [-0.2, 0) is 4.79 Å². The quantitative estimate of drug-likeness (QED) is 0.499. The number of nitrogens with one attached hydrogen (secondary N) is 2. The molecule has 6 nitrogen and oxygen atoms in total. The number of aromatic nitrogens is 2. The molecule has 2 aromatic carbocycles. The Morgan fingerprint density at radius 2 is 1.81 bits per heavy atom. The Labute approximate surface area is 166 Å². The molecule has 0 aliphatic heterocycles. The van der Waals surface area contributed by atoms with Crippen LogP contribution < -0.4 is 15.4 Å². The van der Waals surface area contributed by atoms with Crippen LogP contribution in [0.4, 0.5) is 10.8 Å². The lowest BCUT2D eigenvalue weighted by Gasteiger charge is -2.07. The summed E-state index contributed by atoms with van der Waals surface area (Å²) in [5.41, 5.74) is 0.726. The summed E-state index contributed by atoms with van der Waals surface area (Å²) in [7, 11) is 0. The summed E-state index contributed by atoms with van der Waals surface area (Å²) in [6, 6.07) is 16.8. The van der Waals surface area contributed by atoms with Gasteiger partial charge in [0.25, 0.3) is 0 Å². The molecule has 2 N–H and O–H groups in total. The van der Waals surface area contributed by atoms with Crippen LogP contribution in [0.25, 0.3) is 0 Å². The van der Waals surface area contributed by atoms with Gasteiger partial charge in [0.2, 0.25) is 11.0 Å². The fourth-order valence-corrected chi connectivity index (χ4v) is 3.70. The lowest BCUT2D eigenvalue weighted by atomic mass is 10.3. The zero-order valence-corrected chi connectivity index (χ0v) is 16.5. The summed E-state index contributed by atoms with van der Waals surface area (Å²) < 4.78 is 6.51. The van der Waals surface area contributed by atoms with Crippen LogP contribution >= 0.6 is 23.1 Å². The first-order valence-electron chi connectivity index (χ1n) is 8.56. The molecule has 0 saturated carbocycles. The molecule has 1 aromatic heterocycles. The summed E-state index contributed by atoms with van der Waals surface area (Å²) >= 11 is 2.83. The second kappa shape index (κ2) is 9.94. The predicted octanol–water partition coefficient (Wildman–Crippen LogP) is 4.88. The second-order valence-electron chi connectivity index (χ2n) is 5.58. The van der Waals surface area contributed by atoms with Crippen molar-refractivity contribution in [1.29, 1.82) is 0 Å². The van der Waals surface area contributed by atoms with E-state index in [4.69, 9.17) is 4.74 Å². The number of rotatable bonds is 9. The van der Waals surface area contributed by atoms with E-state index in [1.165, 1.54) is 23.1 Å². The van der Waals surface area contributed by atoms with Crippen molar-refractivity contribution >= 4 is 39.8 Å². The first kappa shape index (κ1) is 19.2. The number of ether oxygens (including phenoxy) is 1. The number of carbonyl (C=O) groups is 1. The van der Waals surface area contributed by atoms with Gasteiger partial charge in [-0.1, -0.05) is 48.2 Å². The number of nitrogens with zero attached hydrogens (tertiary/aromatic N) is 2. The molecule has 0 saturated heterocycles. The highest BCUT2D eigenvalue weighted by Gasteiger charge is 2.08. The monoisotopic (exact) mass is 400 g/mol. The van der Waals surface area contributed by atoms with Crippen molar-refractivity contribution in [3.8, 4) is 11.5 Å². The van der Waals surface area contributed by atoms with E-state index in [1.807, 2.05) is 54.6 Å². The van der Waals surface area contributed by atoms with E-state index in [-0.39, 0.29) is 11.7 Å². The molecule has 0 unspecified atom stereocenters. The number of carbonyl (C=O) groups excluding carboxylic acids is 1. The van der Waals surface area contributed by atoms with Crippen molar-refractivity contribution in [2.75, 3.05) is 22.9 Å². The van der Waals surface area contributed by atoms with E-state index >= 15 is 0 Å². The molecule has 1 heterocycles. The molecule has 0 fully saturated rings. The van der Waals surface area contributed by atoms with Gasteiger partial charge in [-0.2, -0.15) is 0 Å². The van der Waals surface area contributed by atoms with E-state index < -0.39 is 0 Å². The summed E-state index contributed by atoms with van der Waals surface area (Å²) in [5.74, 6) is 1.69. The molecule has 0 radical (unpaired) electrons. The van der Waals surface area contributed by atoms with Crippen LogP contribution in [0.5, 0.6) is 11.5 Å². The number of para-hydroxylation sites is 1. The second-order valence-corrected chi connectivity index (χ2v) is 7.78. The van der Waals surface area contributed by atoms with E-state index in [2.05, 4.69) is 27.8 Å². The number of thioether (sulfide) groups is 1. The van der Waals surface area contributed by atoms with Crippen molar-refractivity contribution in [3.63, 3.8) is 0 Å². The molecule has 0 bridgehead atoms. The first-order chi connectivity index (χ1) is 13.2. The molecule has 3 aromatic rings. The van der Waals surface area contributed by atoms with E-state index in [9.17, 15) is 4.79 Å². The molecular weight excluding hydrogens is 380 g/mol. The summed E-state index contributed by atoms with van der Waals surface area (Å²) in [5, 5.41) is 15.0. The van der Waals surface area contributed by atoms with Crippen LogP contribution in [0.15, 0.2) is 58.9 Å². The van der Waals surface area contributed by atoms with Crippen molar-refractivity contribution in [2.24, 2.45) is 0 Å². The molecule has 3 rings (SSSR count). The number of hydrogen-bond acceptors (Lipinski definition) is 7. The average molecular weight is 401 g/mol. The summed E-state index contributed by atoms with van der Waals surface area (Å²) in [6.07, 6.45) is 1.03. The summed E-state index contributed by atoms with van der Waals surface area (Å²) in [6.45, 7) is 2.96. The standard InChI is InChI=1S/C19H20N4O2S2/c1-2-12-20-18-22-23-19(27-18)26-13-17(24)21-14-8-10-16(11-9-14)25-15-6-4-3-5-7-15/h3-11H,2,12-13H2,1H3,(H,20,22)(H,21,24). The van der Waals surface area contributed by atoms with Gasteiger partial charge in [0.15, 0.2) is 4.34 Å². The van der Waals surface area contributed by atoms with Crippen LogP contribution in [0.1, 0.15) is 13.3 Å². The number of benzene rings is 2.